The minimum Gasteiger partial charge on any atom is -0.450 e. The van der Waals surface area contributed by atoms with Gasteiger partial charge in [0.25, 0.3) is 0 Å². The van der Waals surface area contributed by atoms with Crippen molar-refractivity contribution in [3.8, 4) is 5.69 Å². The number of amides is 1. The Balaban J connectivity index is 1.79. The SMILES string of the molecule is CCOC(=O)Nc1cccc(Cc2nn(-c3cnn(CC(C)C)c3)ccc2=O)c1. The molecule has 0 unspecified atom stereocenters. The van der Waals surface area contributed by atoms with Gasteiger partial charge in [-0.15, -0.1) is 0 Å². The van der Waals surface area contributed by atoms with Crippen LogP contribution in [0, 0.1) is 5.92 Å². The molecule has 0 radical (unpaired) electrons. The highest BCUT2D eigenvalue weighted by molar-refractivity contribution is 5.84. The molecule has 1 aromatic carbocycles. The van der Waals surface area contributed by atoms with Crippen molar-refractivity contribution in [3.05, 3.63) is 70.4 Å². The van der Waals surface area contributed by atoms with Crippen molar-refractivity contribution in [2.75, 3.05) is 11.9 Å². The van der Waals surface area contributed by atoms with E-state index in [4.69, 9.17) is 4.74 Å². The van der Waals surface area contributed by atoms with Gasteiger partial charge in [0, 0.05) is 30.9 Å². The van der Waals surface area contributed by atoms with Gasteiger partial charge in [0.05, 0.1) is 19.0 Å². The molecule has 0 atom stereocenters. The number of hydrogen-bond acceptors (Lipinski definition) is 5. The topological polar surface area (TPSA) is 91.0 Å². The number of ether oxygens (including phenoxy) is 1. The third-order valence-electron chi connectivity index (χ3n) is 4.14. The first kappa shape index (κ1) is 20.3. The molecule has 0 saturated heterocycles. The minimum atomic E-state index is -0.511. The van der Waals surface area contributed by atoms with Crippen LogP contribution < -0.4 is 10.7 Å². The number of nitrogens with zero attached hydrogens (tertiary/aromatic N) is 4. The molecule has 3 rings (SSSR count). The second-order valence-corrected chi connectivity index (χ2v) is 7.11. The molecule has 152 valence electrons. The van der Waals surface area contributed by atoms with Crippen LogP contribution >= 0.6 is 0 Å². The number of aromatic nitrogens is 4. The second kappa shape index (κ2) is 9.18. The Kier molecular flexibility index (Phi) is 6.43. The summed E-state index contributed by atoms with van der Waals surface area (Å²) in [5.41, 5.74) is 2.53. The van der Waals surface area contributed by atoms with Crippen LogP contribution in [0.5, 0.6) is 0 Å². The molecule has 0 aliphatic heterocycles. The quantitative estimate of drug-likeness (QED) is 0.663. The van der Waals surface area contributed by atoms with Gasteiger partial charge in [0.15, 0.2) is 0 Å². The Morgan fingerprint density at radius 2 is 2.10 bits per heavy atom. The number of benzene rings is 1. The predicted molar refractivity (Wildman–Crippen MR) is 110 cm³/mol. The van der Waals surface area contributed by atoms with Gasteiger partial charge in [-0.2, -0.15) is 10.2 Å². The van der Waals surface area contributed by atoms with Crippen LogP contribution in [0.4, 0.5) is 10.5 Å². The van der Waals surface area contributed by atoms with E-state index in [1.54, 1.807) is 36.1 Å². The summed E-state index contributed by atoms with van der Waals surface area (Å²) in [4.78, 5) is 23.9. The van der Waals surface area contributed by atoms with Gasteiger partial charge in [0.2, 0.25) is 5.43 Å². The first-order chi connectivity index (χ1) is 13.9. The molecule has 1 amide bonds. The van der Waals surface area contributed by atoms with Crippen LogP contribution in [0.1, 0.15) is 32.0 Å². The molecule has 0 saturated carbocycles. The predicted octanol–water partition coefficient (Wildman–Crippen LogP) is 3.24. The minimum absolute atomic E-state index is 0.139. The third-order valence-corrected chi connectivity index (χ3v) is 4.14. The van der Waals surface area contributed by atoms with Crippen molar-refractivity contribution in [1.82, 2.24) is 19.6 Å². The molecule has 8 heteroatoms. The molecule has 0 bridgehead atoms. The molecule has 29 heavy (non-hydrogen) atoms. The van der Waals surface area contributed by atoms with E-state index in [1.807, 2.05) is 23.0 Å². The van der Waals surface area contributed by atoms with Crippen LogP contribution in [-0.4, -0.2) is 32.3 Å². The summed E-state index contributed by atoms with van der Waals surface area (Å²) >= 11 is 0. The summed E-state index contributed by atoms with van der Waals surface area (Å²) in [6, 6.07) is 8.77. The van der Waals surface area contributed by atoms with Crippen molar-refractivity contribution < 1.29 is 9.53 Å². The van der Waals surface area contributed by atoms with Crippen LogP contribution in [-0.2, 0) is 17.7 Å². The van der Waals surface area contributed by atoms with Crippen LogP contribution in [0.3, 0.4) is 0 Å². The zero-order valence-electron chi connectivity index (χ0n) is 16.8. The standard InChI is InChI=1S/C21H25N5O3/c1-4-29-21(28)23-17-7-5-6-16(10-17)11-19-20(27)8-9-26(24-19)18-12-22-25(14-18)13-15(2)3/h5-10,12,14-15H,4,11,13H2,1-3H3,(H,23,28). The maximum Gasteiger partial charge on any atom is 0.411 e. The van der Waals surface area contributed by atoms with Crippen molar-refractivity contribution in [2.24, 2.45) is 5.92 Å². The van der Waals surface area contributed by atoms with E-state index in [1.165, 1.54) is 6.07 Å². The van der Waals surface area contributed by atoms with Gasteiger partial charge >= 0.3 is 6.09 Å². The Hall–Kier alpha value is -3.42. The lowest BCUT2D eigenvalue weighted by Gasteiger charge is -2.08. The first-order valence-corrected chi connectivity index (χ1v) is 9.59. The molecule has 1 N–H and O–H groups in total. The summed E-state index contributed by atoms with van der Waals surface area (Å²) in [5, 5.41) is 11.5. The monoisotopic (exact) mass is 395 g/mol. The fourth-order valence-electron chi connectivity index (χ4n) is 2.90. The van der Waals surface area contributed by atoms with E-state index in [0.717, 1.165) is 17.8 Å². The van der Waals surface area contributed by atoms with E-state index in [2.05, 4.69) is 29.4 Å². The highest BCUT2D eigenvalue weighted by Gasteiger charge is 2.09. The number of rotatable bonds is 7. The van der Waals surface area contributed by atoms with Gasteiger partial charge in [-0.05, 0) is 30.5 Å². The Bertz CT molecular complexity index is 1040. The van der Waals surface area contributed by atoms with Crippen LogP contribution in [0.25, 0.3) is 5.69 Å². The van der Waals surface area contributed by atoms with E-state index in [-0.39, 0.29) is 5.43 Å². The molecule has 0 spiro atoms. The lowest BCUT2D eigenvalue weighted by atomic mass is 10.1. The molecule has 2 heterocycles. The molecular weight excluding hydrogens is 370 g/mol. The lowest BCUT2D eigenvalue weighted by Crippen LogP contribution is -2.16. The van der Waals surface area contributed by atoms with E-state index >= 15 is 0 Å². The molecule has 2 aromatic heterocycles. The fraction of sp³-hybridized carbons (Fsp3) is 0.333. The van der Waals surface area contributed by atoms with E-state index in [0.29, 0.717) is 30.3 Å². The normalized spacial score (nSPS) is 10.9. The van der Waals surface area contributed by atoms with Gasteiger partial charge < -0.3 is 4.74 Å². The van der Waals surface area contributed by atoms with Gasteiger partial charge in [-0.1, -0.05) is 26.0 Å². The van der Waals surface area contributed by atoms with E-state index in [9.17, 15) is 9.59 Å². The molecule has 0 aliphatic carbocycles. The number of hydrogen-bond donors (Lipinski definition) is 1. The summed E-state index contributed by atoms with van der Waals surface area (Å²) in [7, 11) is 0. The Morgan fingerprint density at radius 1 is 1.28 bits per heavy atom. The van der Waals surface area contributed by atoms with Crippen molar-refractivity contribution in [3.63, 3.8) is 0 Å². The smallest absolute Gasteiger partial charge is 0.411 e. The average Bonchev–Trinajstić information content (AvgIpc) is 3.12. The molecule has 3 aromatic rings. The Morgan fingerprint density at radius 3 is 2.86 bits per heavy atom. The third kappa shape index (κ3) is 5.54. The lowest BCUT2D eigenvalue weighted by molar-refractivity contribution is 0.168. The summed E-state index contributed by atoms with van der Waals surface area (Å²) in [6.45, 7) is 7.11. The number of carbonyl (C=O) groups is 1. The Labute approximate surface area is 169 Å². The van der Waals surface area contributed by atoms with Gasteiger partial charge in [-0.25, -0.2) is 9.48 Å². The summed E-state index contributed by atoms with van der Waals surface area (Å²) < 4.78 is 8.41. The maximum atomic E-state index is 12.3. The largest absolute Gasteiger partial charge is 0.450 e. The molecule has 0 fully saturated rings. The summed E-state index contributed by atoms with van der Waals surface area (Å²) in [6.07, 6.45) is 5.11. The van der Waals surface area contributed by atoms with Gasteiger partial charge in [0.1, 0.15) is 11.4 Å². The maximum absolute atomic E-state index is 12.3. The van der Waals surface area contributed by atoms with Crippen molar-refractivity contribution in [1.29, 1.82) is 0 Å². The van der Waals surface area contributed by atoms with Crippen LogP contribution in [0.2, 0.25) is 0 Å². The van der Waals surface area contributed by atoms with Gasteiger partial charge in [-0.3, -0.25) is 14.8 Å². The number of anilines is 1. The zero-order chi connectivity index (χ0) is 20.8. The van der Waals surface area contributed by atoms with Crippen molar-refractivity contribution >= 4 is 11.8 Å². The second-order valence-electron chi connectivity index (χ2n) is 7.11. The number of carbonyl (C=O) groups excluding carboxylic acids is 1. The number of nitrogens with one attached hydrogen (secondary N) is 1. The molecular formula is C21H25N5O3. The molecule has 0 aliphatic rings. The fourth-order valence-corrected chi connectivity index (χ4v) is 2.90. The highest BCUT2D eigenvalue weighted by atomic mass is 16.5. The summed E-state index contributed by atoms with van der Waals surface area (Å²) in [5.74, 6) is 0.482. The zero-order valence-corrected chi connectivity index (χ0v) is 16.8. The van der Waals surface area contributed by atoms with E-state index < -0.39 is 6.09 Å². The average molecular weight is 395 g/mol. The van der Waals surface area contributed by atoms with Crippen molar-refractivity contribution in [2.45, 2.75) is 33.7 Å². The highest BCUT2D eigenvalue weighted by Crippen LogP contribution is 2.14. The molecule has 8 nitrogen and oxygen atoms in total. The first-order valence-electron chi connectivity index (χ1n) is 9.59. The van der Waals surface area contributed by atoms with Crippen LogP contribution in [0.15, 0.2) is 53.7 Å².